The summed E-state index contributed by atoms with van der Waals surface area (Å²) >= 11 is 4.47. The lowest BCUT2D eigenvalue weighted by Crippen LogP contribution is -1.88. The van der Waals surface area contributed by atoms with Gasteiger partial charge in [-0.25, -0.2) is 4.39 Å². The van der Waals surface area contributed by atoms with Gasteiger partial charge < -0.3 is 0 Å². The molecule has 0 heterocycles. The third kappa shape index (κ3) is 2.58. The Bertz CT molecular complexity index is 634. The molecule has 18 heavy (non-hydrogen) atoms. The topological polar surface area (TPSA) is 23.8 Å². The van der Waals surface area contributed by atoms with Crippen LogP contribution in [-0.2, 0) is 0 Å². The first-order chi connectivity index (χ1) is 8.63. The van der Waals surface area contributed by atoms with Gasteiger partial charge in [0.15, 0.2) is 5.82 Å². The van der Waals surface area contributed by atoms with E-state index in [9.17, 15) is 4.39 Å². The first kappa shape index (κ1) is 13.1. The first-order valence-corrected chi connectivity index (χ1v) is 6.86. The van der Waals surface area contributed by atoms with E-state index < -0.39 is 0 Å². The van der Waals surface area contributed by atoms with E-state index >= 15 is 0 Å². The van der Waals surface area contributed by atoms with Gasteiger partial charge in [0.25, 0.3) is 0 Å². The van der Waals surface area contributed by atoms with Crippen LogP contribution in [0.25, 0.3) is 0 Å². The fourth-order valence-corrected chi connectivity index (χ4v) is 2.99. The Hall–Kier alpha value is -1.31. The molecule has 0 aromatic heterocycles. The average Bonchev–Trinajstić information content (AvgIpc) is 2.38. The number of nitrogens with zero attached hydrogens (tertiary/aromatic N) is 1. The van der Waals surface area contributed by atoms with Gasteiger partial charge >= 0.3 is 0 Å². The third-order valence-electron chi connectivity index (χ3n) is 2.48. The summed E-state index contributed by atoms with van der Waals surface area (Å²) in [6.45, 7) is 1.99. The molecule has 0 spiro atoms. The van der Waals surface area contributed by atoms with Crippen LogP contribution in [0.5, 0.6) is 0 Å². The maximum atomic E-state index is 14.0. The number of nitriles is 1. The van der Waals surface area contributed by atoms with Gasteiger partial charge in [-0.05, 0) is 46.6 Å². The molecule has 2 rings (SSSR count). The van der Waals surface area contributed by atoms with Crippen LogP contribution in [0.15, 0.2) is 50.7 Å². The van der Waals surface area contributed by atoms with Gasteiger partial charge in [-0.3, -0.25) is 0 Å². The summed E-state index contributed by atoms with van der Waals surface area (Å²) in [7, 11) is 0. The highest BCUT2D eigenvalue weighted by atomic mass is 79.9. The first-order valence-electron chi connectivity index (χ1n) is 5.25. The van der Waals surface area contributed by atoms with Crippen molar-refractivity contribution in [3.05, 3.63) is 57.8 Å². The maximum absolute atomic E-state index is 14.0. The zero-order chi connectivity index (χ0) is 13.1. The van der Waals surface area contributed by atoms with Gasteiger partial charge in [-0.1, -0.05) is 30.0 Å². The molecule has 0 amide bonds. The predicted octanol–water partition coefficient (Wildman–Crippen LogP) is 4.92. The highest BCUT2D eigenvalue weighted by Gasteiger charge is 2.12. The number of benzene rings is 2. The molecule has 0 saturated heterocycles. The van der Waals surface area contributed by atoms with Gasteiger partial charge in [-0.15, -0.1) is 0 Å². The lowest BCUT2D eigenvalue weighted by atomic mass is 10.2. The molecule has 0 N–H and O–H groups in total. The minimum absolute atomic E-state index is 0.226. The minimum Gasteiger partial charge on any atom is -0.204 e. The summed E-state index contributed by atoms with van der Waals surface area (Å²) in [5.74, 6) is -0.387. The summed E-state index contributed by atoms with van der Waals surface area (Å²) in [5.41, 5.74) is 1.41. The van der Waals surface area contributed by atoms with Crippen molar-refractivity contribution in [1.82, 2.24) is 0 Å². The monoisotopic (exact) mass is 321 g/mol. The second-order valence-corrected chi connectivity index (χ2v) is 5.60. The van der Waals surface area contributed by atoms with Crippen molar-refractivity contribution in [2.75, 3.05) is 0 Å². The number of hydrogen-bond acceptors (Lipinski definition) is 2. The van der Waals surface area contributed by atoms with Crippen LogP contribution in [0, 0.1) is 24.1 Å². The summed E-state index contributed by atoms with van der Waals surface area (Å²) in [6.07, 6.45) is 0. The average molecular weight is 322 g/mol. The number of rotatable bonds is 2. The zero-order valence-corrected chi connectivity index (χ0v) is 12.0. The molecule has 0 saturated carbocycles. The maximum Gasteiger partial charge on any atom is 0.152 e. The third-order valence-corrected chi connectivity index (χ3v) is 4.47. The van der Waals surface area contributed by atoms with E-state index in [0.717, 1.165) is 10.5 Å². The Morgan fingerprint density at radius 2 is 1.89 bits per heavy atom. The van der Waals surface area contributed by atoms with Crippen LogP contribution in [0.2, 0.25) is 0 Å². The van der Waals surface area contributed by atoms with Gasteiger partial charge in [0.2, 0.25) is 0 Å². The summed E-state index contributed by atoms with van der Waals surface area (Å²) in [5, 5.41) is 8.81. The Balaban J connectivity index is 2.40. The van der Waals surface area contributed by atoms with E-state index in [-0.39, 0.29) is 10.3 Å². The standard InChI is InChI=1S/C14H9BrFNS/c1-9-4-2-3-5-11(9)18-12-7-6-10(8-17)13(15)14(12)16/h2-7H,1H3. The lowest BCUT2D eigenvalue weighted by molar-refractivity contribution is 0.594. The van der Waals surface area contributed by atoms with E-state index in [4.69, 9.17) is 5.26 Å². The molecule has 0 bridgehead atoms. The molecule has 0 aliphatic heterocycles. The number of halogens is 2. The number of hydrogen-bond donors (Lipinski definition) is 0. The molecule has 0 aliphatic rings. The second kappa shape index (κ2) is 5.55. The molecule has 2 aromatic carbocycles. The van der Waals surface area contributed by atoms with Crippen molar-refractivity contribution >= 4 is 27.7 Å². The molecule has 0 radical (unpaired) electrons. The fourth-order valence-electron chi connectivity index (χ4n) is 1.49. The Labute approximate surface area is 118 Å². The van der Waals surface area contributed by atoms with Crippen molar-refractivity contribution in [2.24, 2.45) is 0 Å². The van der Waals surface area contributed by atoms with Crippen molar-refractivity contribution in [1.29, 1.82) is 5.26 Å². The molecular weight excluding hydrogens is 313 g/mol. The largest absolute Gasteiger partial charge is 0.204 e. The smallest absolute Gasteiger partial charge is 0.152 e. The molecule has 4 heteroatoms. The fraction of sp³-hybridized carbons (Fsp3) is 0.0714. The Kier molecular flexibility index (Phi) is 4.05. The van der Waals surface area contributed by atoms with Crippen LogP contribution in [0.4, 0.5) is 4.39 Å². The zero-order valence-electron chi connectivity index (χ0n) is 9.58. The number of aryl methyl sites for hydroxylation is 1. The molecule has 0 unspecified atom stereocenters. The molecule has 0 atom stereocenters. The quantitative estimate of drug-likeness (QED) is 0.783. The molecule has 0 aliphatic carbocycles. The van der Waals surface area contributed by atoms with Crippen molar-refractivity contribution < 1.29 is 4.39 Å². The summed E-state index contributed by atoms with van der Waals surface area (Å²) < 4.78 is 14.3. The normalized spacial score (nSPS) is 10.1. The van der Waals surface area contributed by atoms with Gasteiger partial charge in [0.05, 0.1) is 10.0 Å². The van der Waals surface area contributed by atoms with Crippen LogP contribution >= 0.6 is 27.7 Å². The van der Waals surface area contributed by atoms with Crippen LogP contribution in [0.3, 0.4) is 0 Å². The van der Waals surface area contributed by atoms with E-state index in [1.165, 1.54) is 11.8 Å². The van der Waals surface area contributed by atoms with E-state index in [1.54, 1.807) is 12.1 Å². The van der Waals surface area contributed by atoms with Crippen LogP contribution in [0.1, 0.15) is 11.1 Å². The van der Waals surface area contributed by atoms with Crippen molar-refractivity contribution in [3.8, 4) is 6.07 Å². The van der Waals surface area contributed by atoms with Gasteiger partial charge in [-0.2, -0.15) is 5.26 Å². The molecular formula is C14H9BrFNS. The van der Waals surface area contributed by atoms with Crippen LogP contribution < -0.4 is 0 Å². The van der Waals surface area contributed by atoms with E-state index in [0.29, 0.717) is 10.5 Å². The summed E-state index contributed by atoms with van der Waals surface area (Å²) in [6, 6.07) is 13.0. The van der Waals surface area contributed by atoms with Crippen molar-refractivity contribution in [3.63, 3.8) is 0 Å². The molecule has 90 valence electrons. The minimum atomic E-state index is -0.387. The highest BCUT2D eigenvalue weighted by Crippen LogP contribution is 2.35. The Morgan fingerprint density at radius 3 is 2.56 bits per heavy atom. The van der Waals surface area contributed by atoms with E-state index in [1.807, 2.05) is 37.3 Å². The van der Waals surface area contributed by atoms with Gasteiger partial charge in [0, 0.05) is 9.79 Å². The predicted molar refractivity (Wildman–Crippen MR) is 74.1 cm³/mol. The van der Waals surface area contributed by atoms with Crippen LogP contribution in [-0.4, -0.2) is 0 Å². The van der Waals surface area contributed by atoms with Gasteiger partial charge in [0.1, 0.15) is 6.07 Å². The summed E-state index contributed by atoms with van der Waals surface area (Å²) in [4.78, 5) is 1.52. The SMILES string of the molecule is Cc1ccccc1Sc1ccc(C#N)c(Br)c1F. The second-order valence-electron chi connectivity index (χ2n) is 3.72. The lowest BCUT2D eigenvalue weighted by Gasteiger charge is -2.07. The van der Waals surface area contributed by atoms with Crippen molar-refractivity contribution in [2.45, 2.75) is 16.7 Å². The van der Waals surface area contributed by atoms with E-state index in [2.05, 4.69) is 15.9 Å². The molecule has 0 fully saturated rings. The molecule has 2 aromatic rings. The highest BCUT2D eigenvalue weighted by molar-refractivity contribution is 9.10. The molecule has 1 nitrogen and oxygen atoms in total. The Morgan fingerprint density at radius 1 is 1.17 bits per heavy atom.